The molecule has 0 aromatic heterocycles. The summed E-state index contributed by atoms with van der Waals surface area (Å²) in [6.07, 6.45) is -10.1. The molecule has 20 heavy (non-hydrogen) atoms. The monoisotopic (exact) mass is 304 g/mol. The van der Waals surface area contributed by atoms with Crippen LogP contribution < -0.4 is 5.32 Å². The molecule has 0 aromatic carbocycles. The van der Waals surface area contributed by atoms with Gasteiger partial charge in [0.05, 0.1) is 0 Å². The highest BCUT2D eigenvalue weighted by Crippen LogP contribution is 2.41. The molecule has 2 fully saturated rings. The van der Waals surface area contributed by atoms with Gasteiger partial charge in [-0.05, 0) is 18.8 Å². The zero-order valence-corrected chi connectivity index (χ0v) is 10.4. The standard InChI is InChI=1S/C11H14F6N2O/c12-10(13,14)8(11(15,16)17)9(20)19-3-1-2-6-4-18-5-7(6)19/h6-8,18H,1-5H2. The Hall–Kier alpha value is -0.990. The summed E-state index contributed by atoms with van der Waals surface area (Å²) in [6, 6.07) is -0.566. The first-order valence-corrected chi connectivity index (χ1v) is 6.27. The van der Waals surface area contributed by atoms with Gasteiger partial charge in [-0.3, -0.25) is 4.79 Å². The maximum atomic E-state index is 12.6. The number of piperidine rings is 1. The Bertz CT molecular complexity index is 366. The molecule has 0 saturated carbocycles. The number of hydrogen-bond donors (Lipinski definition) is 1. The summed E-state index contributed by atoms with van der Waals surface area (Å²) in [4.78, 5) is 12.6. The van der Waals surface area contributed by atoms with Crippen molar-refractivity contribution in [3.63, 3.8) is 0 Å². The number of amides is 1. The molecule has 2 unspecified atom stereocenters. The molecule has 0 spiro atoms. The molecule has 3 nitrogen and oxygen atoms in total. The van der Waals surface area contributed by atoms with Gasteiger partial charge < -0.3 is 10.2 Å². The summed E-state index contributed by atoms with van der Waals surface area (Å²) in [5.41, 5.74) is 0. The lowest BCUT2D eigenvalue weighted by Crippen LogP contribution is -2.56. The molecule has 1 N–H and O–H groups in total. The van der Waals surface area contributed by atoms with Crippen molar-refractivity contribution in [2.75, 3.05) is 19.6 Å². The molecule has 2 heterocycles. The Morgan fingerprint density at radius 2 is 1.70 bits per heavy atom. The van der Waals surface area contributed by atoms with E-state index < -0.39 is 30.2 Å². The van der Waals surface area contributed by atoms with Crippen molar-refractivity contribution in [1.82, 2.24) is 10.2 Å². The van der Waals surface area contributed by atoms with Crippen LogP contribution in [-0.4, -0.2) is 48.8 Å². The maximum absolute atomic E-state index is 12.6. The number of carbonyl (C=O) groups excluding carboxylic acids is 1. The van der Waals surface area contributed by atoms with Crippen LogP contribution in [0.3, 0.4) is 0 Å². The van der Waals surface area contributed by atoms with Gasteiger partial charge in [0, 0.05) is 25.7 Å². The van der Waals surface area contributed by atoms with E-state index in [0.29, 0.717) is 19.4 Å². The van der Waals surface area contributed by atoms with Crippen molar-refractivity contribution in [3.8, 4) is 0 Å². The van der Waals surface area contributed by atoms with Crippen LogP contribution in [0.2, 0.25) is 0 Å². The smallest absolute Gasteiger partial charge is 0.337 e. The topological polar surface area (TPSA) is 32.3 Å². The van der Waals surface area contributed by atoms with Crippen molar-refractivity contribution in [1.29, 1.82) is 0 Å². The third-order valence-corrected chi connectivity index (χ3v) is 3.86. The first-order valence-electron chi connectivity index (χ1n) is 6.27. The van der Waals surface area contributed by atoms with Crippen molar-refractivity contribution in [3.05, 3.63) is 0 Å². The van der Waals surface area contributed by atoms with Gasteiger partial charge in [0.2, 0.25) is 11.8 Å². The summed E-state index contributed by atoms with van der Waals surface area (Å²) in [5.74, 6) is -5.85. The fourth-order valence-electron chi connectivity index (χ4n) is 2.97. The SMILES string of the molecule is O=C(C(C(F)(F)F)C(F)(F)F)N1CCCC2CNCC21. The Morgan fingerprint density at radius 1 is 1.10 bits per heavy atom. The minimum absolute atomic E-state index is 0.0513. The minimum Gasteiger partial charge on any atom is -0.337 e. The number of hydrogen-bond acceptors (Lipinski definition) is 2. The number of nitrogens with one attached hydrogen (secondary N) is 1. The Balaban J connectivity index is 2.23. The fourth-order valence-corrected chi connectivity index (χ4v) is 2.97. The molecule has 2 aliphatic rings. The lowest BCUT2D eigenvalue weighted by Gasteiger charge is -2.39. The molecular weight excluding hydrogens is 290 g/mol. The van der Waals surface area contributed by atoms with Gasteiger partial charge in [0.15, 0.2) is 0 Å². The third kappa shape index (κ3) is 2.87. The van der Waals surface area contributed by atoms with Crippen LogP contribution in [0.5, 0.6) is 0 Å². The molecule has 0 aliphatic carbocycles. The van der Waals surface area contributed by atoms with E-state index in [2.05, 4.69) is 5.32 Å². The summed E-state index contributed by atoms with van der Waals surface area (Å²) in [6.45, 7) is 0.723. The van der Waals surface area contributed by atoms with Crippen molar-refractivity contribution >= 4 is 5.91 Å². The highest BCUT2D eigenvalue weighted by atomic mass is 19.4. The molecular formula is C11H14F6N2O. The number of carbonyl (C=O) groups is 1. The quantitative estimate of drug-likeness (QED) is 0.751. The van der Waals surface area contributed by atoms with E-state index in [-0.39, 0.29) is 19.0 Å². The van der Waals surface area contributed by atoms with Crippen LogP contribution >= 0.6 is 0 Å². The minimum atomic E-state index is -5.62. The van der Waals surface area contributed by atoms with Crippen LogP contribution in [0.25, 0.3) is 0 Å². The van der Waals surface area contributed by atoms with Gasteiger partial charge >= 0.3 is 12.4 Å². The third-order valence-electron chi connectivity index (χ3n) is 3.86. The van der Waals surface area contributed by atoms with Crippen molar-refractivity contribution in [2.45, 2.75) is 31.2 Å². The Kier molecular flexibility index (Phi) is 3.92. The normalized spacial score (nSPS) is 27.9. The lowest BCUT2D eigenvalue weighted by molar-refractivity contribution is -0.278. The fraction of sp³-hybridized carbons (Fsp3) is 0.909. The predicted octanol–water partition coefficient (Wildman–Crippen LogP) is 1.94. The zero-order valence-electron chi connectivity index (χ0n) is 10.4. The van der Waals surface area contributed by atoms with E-state index in [1.165, 1.54) is 0 Å². The van der Waals surface area contributed by atoms with Gasteiger partial charge in [-0.1, -0.05) is 0 Å². The first kappa shape index (κ1) is 15.4. The lowest BCUT2D eigenvalue weighted by atomic mass is 9.90. The summed E-state index contributed by atoms with van der Waals surface area (Å²) < 4.78 is 75.5. The predicted molar refractivity (Wildman–Crippen MR) is 56.7 cm³/mol. The highest BCUT2D eigenvalue weighted by molar-refractivity contribution is 5.81. The number of likely N-dealkylation sites (tertiary alicyclic amines) is 1. The molecule has 0 aromatic rings. The number of rotatable bonds is 1. The summed E-state index contributed by atoms with van der Waals surface area (Å²) in [7, 11) is 0. The second kappa shape index (κ2) is 5.09. The van der Waals surface area contributed by atoms with Crippen molar-refractivity contribution in [2.24, 2.45) is 11.8 Å². The highest BCUT2D eigenvalue weighted by Gasteiger charge is 2.62. The van der Waals surface area contributed by atoms with E-state index >= 15 is 0 Å². The van der Waals surface area contributed by atoms with Crippen LogP contribution in [-0.2, 0) is 4.79 Å². The molecule has 116 valence electrons. The molecule has 0 bridgehead atoms. The van der Waals surface area contributed by atoms with E-state index in [1.54, 1.807) is 0 Å². The van der Waals surface area contributed by atoms with E-state index in [0.717, 1.165) is 4.90 Å². The molecule has 1 amide bonds. The first-order chi connectivity index (χ1) is 9.12. The average molecular weight is 304 g/mol. The van der Waals surface area contributed by atoms with Crippen LogP contribution in [0.4, 0.5) is 26.3 Å². The second-order valence-electron chi connectivity index (χ2n) is 5.18. The van der Waals surface area contributed by atoms with E-state index in [1.807, 2.05) is 0 Å². The zero-order chi connectivity index (χ0) is 15.1. The average Bonchev–Trinajstić information content (AvgIpc) is 2.71. The molecule has 2 aliphatic heterocycles. The molecule has 2 atom stereocenters. The second-order valence-corrected chi connectivity index (χ2v) is 5.18. The van der Waals surface area contributed by atoms with Gasteiger partial charge in [-0.25, -0.2) is 0 Å². The number of alkyl halides is 6. The number of halogens is 6. The summed E-state index contributed by atoms with van der Waals surface area (Å²) >= 11 is 0. The van der Waals surface area contributed by atoms with E-state index in [9.17, 15) is 31.1 Å². The van der Waals surface area contributed by atoms with Gasteiger partial charge in [-0.2, -0.15) is 26.3 Å². The van der Waals surface area contributed by atoms with Gasteiger partial charge in [0.1, 0.15) is 0 Å². The molecule has 9 heteroatoms. The van der Waals surface area contributed by atoms with Crippen molar-refractivity contribution < 1.29 is 31.1 Å². The van der Waals surface area contributed by atoms with Gasteiger partial charge in [0.25, 0.3) is 0 Å². The van der Waals surface area contributed by atoms with Crippen LogP contribution in [0.15, 0.2) is 0 Å². The largest absolute Gasteiger partial charge is 0.409 e. The Labute approximate surface area is 111 Å². The van der Waals surface area contributed by atoms with E-state index in [4.69, 9.17) is 0 Å². The van der Waals surface area contributed by atoms with Gasteiger partial charge in [-0.15, -0.1) is 0 Å². The molecule has 0 radical (unpaired) electrons. The maximum Gasteiger partial charge on any atom is 0.409 e. The van der Waals surface area contributed by atoms with Crippen LogP contribution in [0.1, 0.15) is 12.8 Å². The molecule has 2 saturated heterocycles. The Morgan fingerprint density at radius 3 is 2.25 bits per heavy atom. The summed E-state index contributed by atoms with van der Waals surface area (Å²) in [5, 5.41) is 2.91. The number of nitrogens with zero attached hydrogens (tertiary/aromatic N) is 1. The number of fused-ring (bicyclic) bond motifs is 1. The van der Waals surface area contributed by atoms with Crippen LogP contribution in [0, 0.1) is 11.8 Å². The molecule has 2 rings (SSSR count).